The van der Waals surface area contributed by atoms with Gasteiger partial charge in [-0.3, -0.25) is 4.90 Å². The Hall–Kier alpha value is -0.160. The van der Waals surface area contributed by atoms with Gasteiger partial charge < -0.3 is 15.0 Å². The van der Waals surface area contributed by atoms with Crippen LogP contribution in [0.4, 0.5) is 0 Å². The predicted octanol–water partition coefficient (Wildman–Crippen LogP) is 0.389. The molecule has 4 atom stereocenters. The summed E-state index contributed by atoms with van der Waals surface area (Å²) >= 11 is 0. The zero-order chi connectivity index (χ0) is 12.5. The molecule has 0 spiro atoms. The van der Waals surface area contributed by atoms with E-state index in [0.29, 0.717) is 12.0 Å². The first kappa shape index (κ1) is 12.9. The summed E-state index contributed by atoms with van der Waals surface area (Å²) in [5.74, 6) is 0.678. The molecule has 104 valence electrons. The van der Waals surface area contributed by atoms with Gasteiger partial charge in [0, 0.05) is 37.1 Å². The van der Waals surface area contributed by atoms with Gasteiger partial charge in [0.2, 0.25) is 0 Å². The van der Waals surface area contributed by atoms with Crippen molar-refractivity contribution in [2.75, 3.05) is 46.9 Å². The molecule has 3 aliphatic rings. The number of rotatable bonds is 3. The van der Waals surface area contributed by atoms with Crippen LogP contribution in [0.25, 0.3) is 0 Å². The predicted molar refractivity (Wildman–Crippen MR) is 72.8 cm³/mol. The molecule has 3 saturated heterocycles. The summed E-state index contributed by atoms with van der Waals surface area (Å²) in [6.45, 7) is 5.58. The average Bonchev–Trinajstić information content (AvgIpc) is 2.88. The Morgan fingerprint density at radius 2 is 2.00 bits per heavy atom. The van der Waals surface area contributed by atoms with Crippen molar-refractivity contribution in [2.45, 2.75) is 37.4 Å². The fourth-order valence-corrected chi connectivity index (χ4v) is 3.97. The van der Waals surface area contributed by atoms with Gasteiger partial charge in [-0.2, -0.15) is 0 Å². The summed E-state index contributed by atoms with van der Waals surface area (Å²) in [5, 5.41) is 3.40. The summed E-state index contributed by atoms with van der Waals surface area (Å²) in [4.78, 5) is 5.31. The van der Waals surface area contributed by atoms with Gasteiger partial charge in [0.1, 0.15) is 0 Å². The van der Waals surface area contributed by atoms with Crippen molar-refractivity contribution in [2.24, 2.45) is 5.92 Å². The molecule has 0 amide bonds. The fourth-order valence-electron chi connectivity index (χ4n) is 3.97. The molecule has 3 fully saturated rings. The molecule has 4 unspecified atom stereocenters. The van der Waals surface area contributed by atoms with Crippen molar-refractivity contribution in [1.29, 1.82) is 0 Å². The zero-order valence-electron chi connectivity index (χ0n) is 11.8. The first-order chi connectivity index (χ1) is 8.78. The molecule has 3 rings (SSSR count). The van der Waals surface area contributed by atoms with E-state index in [9.17, 15) is 0 Å². The van der Waals surface area contributed by atoms with E-state index in [4.69, 9.17) is 4.74 Å². The maximum absolute atomic E-state index is 5.62. The monoisotopic (exact) mass is 253 g/mol. The van der Waals surface area contributed by atoms with Crippen molar-refractivity contribution in [3.8, 4) is 0 Å². The highest BCUT2D eigenvalue weighted by Gasteiger charge is 2.36. The highest BCUT2D eigenvalue weighted by atomic mass is 16.5. The smallest absolute Gasteiger partial charge is 0.0623 e. The quantitative estimate of drug-likeness (QED) is 0.787. The molecule has 4 heteroatoms. The third-order valence-corrected chi connectivity index (χ3v) is 5.29. The van der Waals surface area contributed by atoms with Crippen molar-refractivity contribution in [3.05, 3.63) is 0 Å². The first-order valence-electron chi connectivity index (χ1n) is 7.47. The number of nitrogens with one attached hydrogen (secondary N) is 1. The van der Waals surface area contributed by atoms with Crippen molar-refractivity contribution >= 4 is 0 Å². The highest BCUT2D eigenvalue weighted by molar-refractivity contribution is 4.92. The third-order valence-electron chi connectivity index (χ3n) is 5.29. The Labute approximate surface area is 111 Å². The second-order valence-corrected chi connectivity index (χ2v) is 6.29. The van der Waals surface area contributed by atoms with Gasteiger partial charge in [0.15, 0.2) is 0 Å². The Bertz CT molecular complexity index is 286. The molecular weight excluding hydrogens is 226 g/mol. The van der Waals surface area contributed by atoms with E-state index in [1.165, 1.54) is 38.9 Å². The van der Waals surface area contributed by atoms with Crippen LogP contribution in [-0.4, -0.2) is 74.9 Å². The molecule has 2 bridgehead atoms. The van der Waals surface area contributed by atoms with Crippen LogP contribution in [0, 0.1) is 5.92 Å². The largest absolute Gasteiger partial charge is 0.379 e. The topological polar surface area (TPSA) is 27.7 Å². The Morgan fingerprint density at radius 3 is 2.83 bits per heavy atom. The van der Waals surface area contributed by atoms with Gasteiger partial charge >= 0.3 is 0 Å². The summed E-state index contributed by atoms with van der Waals surface area (Å²) in [5.41, 5.74) is 0. The average molecular weight is 253 g/mol. The molecule has 0 aliphatic carbocycles. The van der Waals surface area contributed by atoms with Crippen LogP contribution in [0.3, 0.4) is 0 Å². The normalized spacial score (nSPS) is 42.3. The Kier molecular flexibility index (Phi) is 3.89. The molecule has 4 nitrogen and oxygen atoms in total. The fraction of sp³-hybridized carbons (Fsp3) is 1.00. The number of fused-ring (bicyclic) bond motifs is 2. The van der Waals surface area contributed by atoms with Crippen LogP contribution in [0.1, 0.15) is 19.3 Å². The molecule has 0 aromatic carbocycles. The summed E-state index contributed by atoms with van der Waals surface area (Å²) < 4.78 is 5.62. The second-order valence-electron chi connectivity index (χ2n) is 6.29. The summed E-state index contributed by atoms with van der Waals surface area (Å²) in [6.07, 6.45) is 4.17. The molecule has 0 aromatic heterocycles. The van der Waals surface area contributed by atoms with Crippen LogP contribution in [-0.2, 0) is 4.74 Å². The molecule has 1 N–H and O–H groups in total. The van der Waals surface area contributed by atoms with E-state index in [0.717, 1.165) is 25.3 Å². The van der Waals surface area contributed by atoms with Crippen LogP contribution >= 0.6 is 0 Å². The second kappa shape index (κ2) is 5.45. The number of nitrogens with zero attached hydrogens (tertiary/aromatic N) is 2. The molecule has 3 aliphatic heterocycles. The van der Waals surface area contributed by atoms with E-state index >= 15 is 0 Å². The van der Waals surface area contributed by atoms with E-state index in [-0.39, 0.29) is 0 Å². The Morgan fingerprint density at radius 1 is 1.17 bits per heavy atom. The maximum atomic E-state index is 5.62. The third kappa shape index (κ3) is 2.44. The number of ether oxygens (including phenoxy) is 1. The summed E-state index contributed by atoms with van der Waals surface area (Å²) in [6, 6.07) is 2.20. The number of hydrogen-bond acceptors (Lipinski definition) is 4. The lowest BCUT2D eigenvalue weighted by molar-refractivity contribution is 0.160. The molecule has 3 heterocycles. The highest BCUT2D eigenvalue weighted by Crippen LogP contribution is 2.29. The van der Waals surface area contributed by atoms with Gasteiger partial charge in [0.05, 0.1) is 13.2 Å². The van der Waals surface area contributed by atoms with Crippen molar-refractivity contribution in [3.63, 3.8) is 0 Å². The molecule has 0 aromatic rings. The standard InChI is InChI=1S/C14H27N3O/c1-15-14-10-18-9-11(14)7-17-6-5-12-3-4-13(8-17)16(12)2/h11-15H,3-10H2,1-2H3. The van der Waals surface area contributed by atoms with Gasteiger partial charge in [-0.1, -0.05) is 0 Å². The SMILES string of the molecule is CNC1COCC1CN1CCC2CCC(C1)N2C. The number of likely N-dealkylation sites (N-methyl/N-ethyl adjacent to an activating group) is 2. The van der Waals surface area contributed by atoms with E-state index < -0.39 is 0 Å². The van der Waals surface area contributed by atoms with Gasteiger partial charge in [-0.15, -0.1) is 0 Å². The lowest BCUT2D eigenvalue weighted by atomic mass is 10.0. The maximum Gasteiger partial charge on any atom is 0.0623 e. The number of hydrogen-bond donors (Lipinski definition) is 1. The lowest BCUT2D eigenvalue weighted by Crippen LogP contribution is -2.43. The van der Waals surface area contributed by atoms with Gasteiger partial charge in [-0.05, 0) is 39.9 Å². The number of likely N-dealkylation sites (tertiary alicyclic amines) is 1. The van der Waals surface area contributed by atoms with Crippen molar-refractivity contribution in [1.82, 2.24) is 15.1 Å². The van der Waals surface area contributed by atoms with Crippen LogP contribution in [0.15, 0.2) is 0 Å². The van der Waals surface area contributed by atoms with E-state index in [1.807, 2.05) is 0 Å². The van der Waals surface area contributed by atoms with Crippen LogP contribution in [0.2, 0.25) is 0 Å². The van der Waals surface area contributed by atoms with E-state index in [1.54, 1.807) is 0 Å². The van der Waals surface area contributed by atoms with Gasteiger partial charge in [0.25, 0.3) is 0 Å². The molecule has 0 radical (unpaired) electrons. The minimum absolute atomic E-state index is 0.558. The minimum atomic E-state index is 0.558. The van der Waals surface area contributed by atoms with E-state index in [2.05, 4.69) is 29.2 Å². The van der Waals surface area contributed by atoms with Crippen LogP contribution < -0.4 is 5.32 Å². The lowest BCUT2D eigenvalue weighted by Gasteiger charge is -2.29. The molecule has 18 heavy (non-hydrogen) atoms. The Balaban J connectivity index is 1.57. The molecule has 0 saturated carbocycles. The van der Waals surface area contributed by atoms with Gasteiger partial charge in [-0.25, -0.2) is 0 Å². The minimum Gasteiger partial charge on any atom is -0.379 e. The molecular formula is C14H27N3O. The van der Waals surface area contributed by atoms with Crippen LogP contribution in [0.5, 0.6) is 0 Å². The summed E-state index contributed by atoms with van der Waals surface area (Å²) in [7, 11) is 4.38. The first-order valence-corrected chi connectivity index (χ1v) is 7.47. The van der Waals surface area contributed by atoms with Crippen molar-refractivity contribution < 1.29 is 4.74 Å². The zero-order valence-corrected chi connectivity index (χ0v) is 11.8.